The summed E-state index contributed by atoms with van der Waals surface area (Å²) in [6, 6.07) is 4.97. The van der Waals surface area contributed by atoms with Gasteiger partial charge in [-0.15, -0.1) is 0 Å². The first-order valence-corrected chi connectivity index (χ1v) is 5.71. The summed E-state index contributed by atoms with van der Waals surface area (Å²) in [4.78, 5) is 19.3. The number of carbonyl (C=O) groups excluding carboxylic acids is 1. The highest BCUT2D eigenvalue weighted by Crippen LogP contribution is 2.27. The molecular weight excluding hydrogens is 268 g/mol. The Morgan fingerprint density at radius 3 is 2.95 bits per heavy atom. The summed E-state index contributed by atoms with van der Waals surface area (Å²) in [7, 11) is 1.52. The Morgan fingerprint density at radius 1 is 1.47 bits per heavy atom. The van der Waals surface area contributed by atoms with Crippen molar-refractivity contribution in [3.05, 3.63) is 41.3 Å². The zero-order valence-electron chi connectivity index (χ0n) is 10.1. The zero-order chi connectivity index (χ0) is 13.8. The number of ether oxygens (including phenoxy) is 1. The lowest BCUT2D eigenvalue weighted by atomic mass is 10.2. The molecule has 3 N–H and O–H groups in total. The van der Waals surface area contributed by atoms with Crippen molar-refractivity contribution in [1.29, 1.82) is 0 Å². The Bertz CT molecular complexity index is 618. The minimum Gasteiger partial charge on any atom is -0.493 e. The maximum Gasteiger partial charge on any atom is 0.252 e. The molecule has 0 saturated heterocycles. The van der Waals surface area contributed by atoms with E-state index in [9.17, 15) is 4.79 Å². The lowest BCUT2D eigenvalue weighted by Crippen LogP contribution is -2.14. The topological polar surface area (TPSA) is 90.1 Å². The molecule has 2 aromatic rings. The molecule has 2 heterocycles. The van der Waals surface area contributed by atoms with Crippen LogP contribution in [0, 0.1) is 0 Å². The highest BCUT2D eigenvalue weighted by Gasteiger charge is 2.12. The van der Waals surface area contributed by atoms with Crippen LogP contribution in [0.25, 0.3) is 0 Å². The van der Waals surface area contributed by atoms with E-state index in [1.54, 1.807) is 18.3 Å². The summed E-state index contributed by atoms with van der Waals surface area (Å²) in [5, 5.41) is 3.19. The molecule has 2 rings (SSSR count). The minimum atomic E-state index is -0.610. The number of halogens is 1. The van der Waals surface area contributed by atoms with Crippen molar-refractivity contribution in [1.82, 2.24) is 9.97 Å². The van der Waals surface area contributed by atoms with E-state index in [0.29, 0.717) is 17.3 Å². The SMILES string of the molecule is COc1cccnc1Nc1cc(Cl)ncc1C(N)=O. The molecule has 7 heteroatoms. The number of aromatic nitrogens is 2. The lowest BCUT2D eigenvalue weighted by Gasteiger charge is -2.12. The van der Waals surface area contributed by atoms with E-state index in [1.807, 2.05) is 0 Å². The first-order valence-electron chi connectivity index (χ1n) is 5.33. The molecule has 0 unspecified atom stereocenters. The summed E-state index contributed by atoms with van der Waals surface area (Å²) in [6.45, 7) is 0. The Labute approximate surface area is 114 Å². The fourth-order valence-corrected chi connectivity index (χ4v) is 1.66. The van der Waals surface area contributed by atoms with Crippen LogP contribution in [0.2, 0.25) is 5.15 Å². The normalized spacial score (nSPS) is 10.0. The molecule has 0 fully saturated rings. The average Bonchev–Trinajstić information content (AvgIpc) is 2.39. The van der Waals surface area contributed by atoms with Gasteiger partial charge in [-0.1, -0.05) is 11.6 Å². The van der Waals surface area contributed by atoms with Gasteiger partial charge in [0.05, 0.1) is 18.4 Å². The molecular formula is C12H11ClN4O2. The van der Waals surface area contributed by atoms with E-state index in [-0.39, 0.29) is 10.7 Å². The van der Waals surface area contributed by atoms with Gasteiger partial charge >= 0.3 is 0 Å². The van der Waals surface area contributed by atoms with Crippen molar-refractivity contribution in [3.8, 4) is 5.75 Å². The van der Waals surface area contributed by atoms with Gasteiger partial charge < -0.3 is 15.8 Å². The predicted molar refractivity (Wildman–Crippen MR) is 71.8 cm³/mol. The monoisotopic (exact) mass is 278 g/mol. The van der Waals surface area contributed by atoms with E-state index in [4.69, 9.17) is 22.1 Å². The van der Waals surface area contributed by atoms with Gasteiger partial charge in [0.2, 0.25) is 0 Å². The third-order valence-corrected chi connectivity index (χ3v) is 2.59. The molecule has 0 spiro atoms. The quantitative estimate of drug-likeness (QED) is 0.835. The molecule has 6 nitrogen and oxygen atoms in total. The Balaban J connectivity index is 2.42. The van der Waals surface area contributed by atoms with E-state index in [0.717, 1.165) is 0 Å². The highest BCUT2D eigenvalue weighted by atomic mass is 35.5. The van der Waals surface area contributed by atoms with E-state index in [1.165, 1.54) is 19.4 Å². The summed E-state index contributed by atoms with van der Waals surface area (Å²) in [5.74, 6) is 0.377. The second-order valence-corrected chi connectivity index (χ2v) is 3.98. The van der Waals surface area contributed by atoms with Crippen molar-refractivity contribution >= 4 is 29.0 Å². The van der Waals surface area contributed by atoms with Crippen LogP contribution in [0.4, 0.5) is 11.5 Å². The number of primary amides is 1. The Hall–Kier alpha value is -2.34. The minimum absolute atomic E-state index is 0.220. The third-order valence-electron chi connectivity index (χ3n) is 2.38. The number of hydrogen-bond acceptors (Lipinski definition) is 5. The average molecular weight is 279 g/mol. The number of nitrogens with zero attached hydrogens (tertiary/aromatic N) is 2. The van der Waals surface area contributed by atoms with E-state index < -0.39 is 5.91 Å². The molecule has 98 valence electrons. The molecule has 0 aliphatic rings. The van der Waals surface area contributed by atoms with E-state index in [2.05, 4.69) is 15.3 Å². The zero-order valence-corrected chi connectivity index (χ0v) is 10.8. The number of pyridine rings is 2. The number of nitrogens with one attached hydrogen (secondary N) is 1. The fourth-order valence-electron chi connectivity index (χ4n) is 1.51. The van der Waals surface area contributed by atoms with Gasteiger partial charge in [0.15, 0.2) is 11.6 Å². The molecule has 19 heavy (non-hydrogen) atoms. The molecule has 0 radical (unpaired) electrons. The highest BCUT2D eigenvalue weighted by molar-refractivity contribution is 6.29. The molecule has 2 aromatic heterocycles. The van der Waals surface area contributed by atoms with Crippen molar-refractivity contribution in [2.45, 2.75) is 0 Å². The van der Waals surface area contributed by atoms with Gasteiger partial charge in [-0.3, -0.25) is 4.79 Å². The molecule has 0 aliphatic carbocycles. The van der Waals surface area contributed by atoms with Gasteiger partial charge in [0.1, 0.15) is 5.15 Å². The van der Waals surface area contributed by atoms with Crippen molar-refractivity contribution < 1.29 is 9.53 Å². The smallest absolute Gasteiger partial charge is 0.252 e. The van der Waals surface area contributed by atoms with Crippen molar-refractivity contribution in [2.75, 3.05) is 12.4 Å². The van der Waals surface area contributed by atoms with Crippen LogP contribution in [0.3, 0.4) is 0 Å². The van der Waals surface area contributed by atoms with Crippen LogP contribution in [-0.2, 0) is 0 Å². The number of anilines is 2. The standard InChI is InChI=1S/C12H11ClN4O2/c1-19-9-3-2-4-15-12(9)17-8-5-10(13)16-6-7(8)11(14)18/h2-6H,1H3,(H2,14,18)(H,15,16,17). The maximum atomic E-state index is 11.3. The van der Waals surface area contributed by atoms with Gasteiger partial charge in [-0.25, -0.2) is 9.97 Å². The predicted octanol–water partition coefficient (Wildman–Crippen LogP) is 1.98. The number of hydrogen-bond donors (Lipinski definition) is 2. The van der Waals surface area contributed by atoms with E-state index >= 15 is 0 Å². The number of nitrogens with two attached hydrogens (primary N) is 1. The molecule has 0 bridgehead atoms. The van der Waals surface area contributed by atoms with Crippen LogP contribution >= 0.6 is 11.6 Å². The Kier molecular flexibility index (Phi) is 3.82. The first kappa shape index (κ1) is 13.1. The largest absolute Gasteiger partial charge is 0.493 e. The second kappa shape index (κ2) is 5.53. The fraction of sp³-hybridized carbons (Fsp3) is 0.0833. The van der Waals surface area contributed by atoms with Gasteiger partial charge in [-0.2, -0.15) is 0 Å². The van der Waals surface area contributed by atoms with Crippen molar-refractivity contribution in [2.24, 2.45) is 5.73 Å². The lowest BCUT2D eigenvalue weighted by molar-refractivity contribution is 0.100. The van der Waals surface area contributed by atoms with Crippen LogP contribution in [0.15, 0.2) is 30.6 Å². The number of carbonyl (C=O) groups is 1. The Morgan fingerprint density at radius 2 is 2.26 bits per heavy atom. The number of methoxy groups -OCH3 is 1. The summed E-state index contributed by atoms with van der Waals surface area (Å²) in [6.07, 6.45) is 2.90. The summed E-state index contributed by atoms with van der Waals surface area (Å²) >= 11 is 5.81. The van der Waals surface area contributed by atoms with Gasteiger partial charge in [0, 0.05) is 12.4 Å². The molecule has 1 amide bonds. The third kappa shape index (κ3) is 2.92. The summed E-state index contributed by atoms with van der Waals surface area (Å²) in [5.41, 5.74) is 5.92. The second-order valence-electron chi connectivity index (χ2n) is 3.60. The molecule has 0 atom stereocenters. The van der Waals surface area contributed by atoms with Crippen LogP contribution < -0.4 is 15.8 Å². The van der Waals surface area contributed by atoms with Crippen LogP contribution in [-0.4, -0.2) is 23.0 Å². The summed E-state index contributed by atoms with van der Waals surface area (Å²) < 4.78 is 5.16. The number of rotatable bonds is 4. The molecule has 0 saturated carbocycles. The maximum absolute atomic E-state index is 11.3. The molecule has 0 aromatic carbocycles. The van der Waals surface area contributed by atoms with Crippen LogP contribution in [0.1, 0.15) is 10.4 Å². The molecule has 0 aliphatic heterocycles. The van der Waals surface area contributed by atoms with Crippen molar-refractivity contribution in [3.63, 3.8) is 0 Å². The van der Waals surface area contributed by atoms with Gasteiger partial charge in [0.25, 0.3) is 5.91 Å². The first-order chi connectivity index (χ1) is 9.11. The van der Waals surface area contributed by atoms with Gasteiger partial charge in [-0.05, 0) is 18.2 Å². The van der Waals surface area contributed by atoms with Crippen LogP contribution in [0.5, 0.6) is 5.75 Å². The number of amides is 1.